The molecule has 0 spiro atoms. The molecule has 0 radical (unpaired) electrons. The van der Waals surface area contributed by atoms with Crippen molar-refractivity contribution in [2.24, 2.45) is 5.41 Å². The third kappa shape index (κ3) is 2.79. The lowest BCUT2D eigenvalue weighted by molar-refractivity contribution is 0.255. The van der Waals surface area contributed by atoms with Crippen LogP contribution < -0.4 is 5.32 Å². The lowest BCUT2D eigenvalue weighted by Crippen LogP contribution is -2.39. The van der Waals surface area contributed by atoms with Crippen LogP contribution in [-0.2, 0) is 6.42 Å². The van der Waals surface area contributed by atoms with Gasteiger partial charge in [0.05, 0.1) is 11.8 Å². The van der Waals surface area contributed by atoms with Crippen LogP contribution in [0.1, 0.15) is 26.7 Å². The highest BCUT2D eigenvalue weighted by Crippen LogP contribution is 2.23. The SMILES string of the molecule is CNC(Cc1nc(-c2ccoc2)no1)C(C)(C)C. The summed E-state index contributed by atoms with van der Waals surface area (Å²) in [5.74, 6) is 1.21. The van der Waals surface area contributed by atoms with E-state index in [1.165, 1.54) is 0 Å². The lowest BCUT2D eigenvalue weighted by Gasteiger charge is -2.29. The fourth-order valence-corrected chi connectivity index (χ4v) is 1.86. The number of likely N-dealkylation sites (N-methyl/N-ethyl adjacent to an activating group) is 1. The van der Waals surface area contributed by atoms with Gasteiger partial charge in [-0.15, -0.1) is 0 Å². The maximum absolute atomic E-state index is 5.27. The van der Waals surface area contributed by atoms with E-state index in [-0.39, 0.29) is 11.5 Å². The highest BCUT2D eigenvalue weighted by molar-refractivity contribution is 5.51. The maximum atomic E-state index is 5.27. The van der Waals surface area contributed by atoms with Gasteiger partial charge in [0.2, 0.25) is 11.7 Å². The Morgan fingerprint density at radius 3 is 2.72 bits per heavy atom. The van der Waals surface area contributed by atoms with Crippen LogP contribution in [0.4, 0.5) is 0 Å². The summed E-state index contributed by atoms with van der Waals surface area (Å²) in [6, 6.07) is 2.10. The van der Waals surface area contributed by atoms with E-state index in [2.05, 4.69) is 36.2 Å². The van der Waals surface area contributed by atoms with Gasteiger partial charge in [0.15, 0.2) is 0 Å². The first-order valence-electron chi connectivity index (χ1n) is 6.03. The number of nitrogens with zero attached hydrogens (tertiary/aromatic N) is 2. The molecule has 0 fully saturated rings. The molecular formula is C13H19N3O2. The van der Waals surface area contributed by atoms with Gasteiger partial charge in [-0.2, -0.15) is 4.98 Å². The van der Waals surface area contributed by atoms with Crippen LogP contribution in [0.25, 0.3) is 11.4 Å². The van der Waals surface area contributed by atoms with Gasteiger partial charge in [-0.3, -0.25) is 0 Å². The minimum Gasteiger partial charge on any atom is -0.472 e. The van der Waals surface area contributed by atoms with E-state index in [0.29, 0.717) is 18.1 Å². The first-order chi connectivity index (χ1) is 8.50. The molecule has 0 aliphatic carbocycles. The summed E-state index contributed by atoms with van der Waals surface area (Å²) in [6.07, 6.45) is 3.91. The molecule has 0 bridgehead atoms. The predicted molar refractivity (Wildman–Crippen MR) is 68.0 cm³/mol. The van der Waals surface area contributed by atoms with E-state index in [4.69, 9.17) is 8.94 Å². The zero-order valence-electron chi connectivity index (χ0n) is 11.2. The normalized spacial score (nSPS) is 13.8. The standard InChI is InChI=1S/C13H19N3O2/c1-13(2,3)10(14-4)7-11-15-12(16-18-11)9-5-6-17-8-9/h5-6,8,10,14H,7H2,1-4H3. The second-order valence-electron chi connectivity index (χ2n) is 5.44. The second kappa shape index (κ2) is 4.94. The van der Waals surface area contributed by atoms with E-state index >= 15 is 0 Å². The molecule has 2 rings (SSSR count). The van der Waals surface area contributed by atoms with Gasteiger partial charge in [-0.1, -0.05) is 25.9 Å². The molecule has 5 heteroatoms. The van der Waals surface area contributed by atoms with Crippen molar-refractivity contribution in [3.05, 3.63) is 24.5 Å². The molecule has 2 aromatic heterocycles. The fourth-order valence-electron chi connectivity index (χ4n) is 1.86. The van der Waals surface area contributed by atoms with Crippen LogP contribution in [-0.4, -0.2) is 23.2 Å². The molecule has 2 aromatic rings. The quantitative estimate of drug-likeness (QED) is 0.902. The van der Waals surface area contributed by atoms with Crippen molar-refractivity contribution in [2.75, 3.05) is 7.05 Å². The number of rotatable bonds is 4. The summed E-state index contributed by atoms with van der Waals surface area (Å²) in [6.45, 7) is 6.55. The minimum absolute atomic E-state index is 0.138. The molecule has 98 valence electrons. The van der Waals surface area contributed by atoms with E-state index < -0.39 is 0 Å². The van der Waals surface area contributed by atoms with Crippen molar-refractivity contribution in [1.82, 2.24) is 15.5 Å². The van der Waals surface area contributed by atoms with Crippen molar-refractivity contribution >= 4 is 0 Å². The Morgan fingerprint density at radius 1 is 1.39 bits per heavy atom. The molecule has 0 amide bonds. The van der Waals surface area contributed by atoms with Gasteiger partial charge < -0.3 is 14.3 Å². The lowest BCUT2D eigenvalue weighted by atomic mass is 9.85. The van der Waals surface area contributed by atoms with Crippen LogP contribution in [0.5, 0.6) is 0 Å². The zero-order valence-corrected chi connectivity index (χ0v) is 11.2. The molecule has 1 atom stereocenters. The van der Waals surface area contributed by atoms with Gasteiger partial charge in [-0.25, -0.2) is 0 Å². The van der Waals surface area contributed by atoms with Crippen molar-refractivity contribution < 1.29 is 8.94 Å². The van der Waals surface area contributed by atoms with Crippen molar-refractivity contribution in [3.63, 3.8) is 0 Å². The zero-order chi connectivity index (χ0) is 13.2. The summed E-state index contributed by atoms with van der Waals surface area (Å²) >= 11 is 0. The summed E-state index contributed by atoms with van der Waals surface area (Å²) in [5, 5.41) is 7.24. The van der Waals surface area contributed by atoms with Gasteiger partial charge in [-0.05, 0) is 18.5 Å². The Morgan fingerprint density at radius 2 is 2.17 bits per heavy atom. The largest absolute Gasteiger partial charge is 0.472 e. The molecule has 0 aromatic carbocycles. The third-order valence-electron chi connectivity index (χ3n) is 3.02. The molecule has 2 heterocycles. The van der Waals surface area contributed by atoms with Crippen LogP contribution in [0.15, 0.2) is 27.5 Å². The molecule has 1 unspecified atom stereocenters. The summed E-state index contributed by atoms with van der Waals surface area (Å²) < 4.78 is 10.3. The number of hydrogen-bond acceptors (Lipinski definition) is 5. The van der Waals surface area contributed by atoms with Crippen LogP contribution in [0.2, 0.25) is 0 Å². The Balaban J connectivity index is 2.11. The molecule has 18 heavy (non-hydrogen) atoms. The molecule has 0 saturated carbocycles. The van der Waals surface area contributed by atoms with Gasteiger partial charge >= 0.3 is 0 Å². The first-order valence-corrected chi connectivity index (χ1v) is 6.03. The third-order valence-corrected chi connectivity index (χ3v) is 3.02. The topological polar surface area (TPSA) is 64.1 Å². The van der Waals surface area contributed by atoms with E-state index in [0.717, 1.165) is 5.56 Å². The summed E-state index contributed by atoms with van der Waals surface area (Å²) in [5.41, 5.74) is 0.973. The van der Waals surface area contributed by atoms with Crippen LogP contribution in [0, 0.1) is 5.41 Å². The molecular weight excluding hydrogens is 230 g/mol. The average molecular weight is 249 g/mol. The van der Waals surface area contributed by atoms with Gasteiger partial charge in [0.1, 0.15) is 6.26 Å². The van der Waals surface area contributed by atoms with Crippen molar-refractivity contribution in [3.8, 4) is 11.4 Å². The molecule has 0 aliphatic rings. The maximum Gasteiger partial charge on any atom is 0.228 e. The summed E-state index contributed by atoms with van der Waals surface area (Å²) in [4.78, 5) is 4.38. The van der Waals surface area contributed by atoms with Crippen molar-refractivity contribution in [1.29, 1.82) is 0 Å². The molecule has 0 saturated heterocycles. The molecule has 0 aliphatic heterocycles. The van der Waals surface area contributed by atoms with Gasteiger partial charge in [0, 0.05) is 12.5 Å². The number of furan rings is 1. The predicted octanol–water partition coefficient (Wildman–Crippen LogP) is 2.51. The Labute approximate surface area is 107 Å². The van der Waals surface area contributed by atoms with Gasteiger partial charge in [0.25, 0.3) is 0 Å². The number of hydrogen-bond donors (Lipinski definition) is 1. The average Bonchev–Trinajstić information content (AvgIpc) is 2.94. The molecule has 5 nitrogen and oxygen atoms in total. The number of aromatic nitrogens is 2. The fraction of sp³-hybridized carbons (Fsp3) is 0.538. The Hall–Kier alpha value is -1.62. The van der Waals surface area contributed by atoms with E-state index in [1.807, 2.05) is 13.1 Å². The Bertz CT molecular complexity index is 483. The highest BCUT2D eigenvalue weighted by atomic mass is 16.5. The molecule has 1 N–H and O–H groups in total. The summed E-state index contributed by atoms with van der Waals surface area (Å²) in [7, 11) is 1.95. The number of nitrogens with one attached hydrogen (secondary N) is 1. The Kier molecular flexibility index (Phi) is 3.52. The second-order valence-corrected chi connectivity index (χ2v) is 5.44. The minimum atomic E-state index is 0.138. The van der Waals surface area contributed by atoms with Crippen molar-refractivity contribution in [2.45, 2.75) is 33.2 Å². The van der Waals surface area contributed by atoms with E-state index in [9.17, 15) is 0 Å². The van der Waals surface area contributed by atoms with Crippen LogP contribution >= 0.6 is 0 Å². The van der Waals surface area contributed by atoms with E-state index in [1.54, 1.807) is 12.5 Å². The monoisotopic (exact) mass is 249 g/mol. The smallest absolute Gasteiger partial charge is 0.228 e. The first kappa shape index (κ1) is 12.8. The van der Waals surface area contributed by atoms with Crippen LogP contribution in [0.3, 0.4) is 0 Å². The highest BCUT2D eigenvalue weighted by Gasteiger charge is 2.25.